The van der Waals surface area contributed by atoms with Crippen LogP contribution < -0.4 is 5.32 Å². The number of imide groups is 1. The molecule has 0 aromatic heterocycles. The number of nitrogens with one attached hydrogen (secondary N) is 1. The first kappa shape index (κ1) is 13.5. The van der Waals surface area contributed by atoms with Crippen LogP contribution >= 0.6 is 0 Å². The van der Waals surface area contributed by atoms with Crippen LogP contribution in [0.25, 0.3) is 0 Å². The minimum Gasteiger partial charge on any atom is -0.381 e. The Morgan fingerprint density at radius 1 is 1.39 bits per heavy atom. The van der Waals surface area contributed by atoms with Gasteiger partial charge in [0.05, 0.1) is 6.61 Å². The van der Waals surface area contributed by atoms with E-state index in [-0.39, 0.29) is 17.9 Å². The molecule has 2 atom stereocenters. The van der Waals surface area contributed by atoms with E-state index in [2.05, 4.69) is 5.32 Å². The van der Waals surface area contributed by atoms with E-state index in [1.54, 1.807) is 0 Å². The minimum atomic E-state index is -0.0203. The van der Waals surface area contributed by atoms with Gasteiger partial charge in [0.1, 0.15) is 0 Å². The Kier molecular flexibility index (Phi) is 4.72. The van der Waals surface area contributed by atoms with Crippen LogP contribution in [0, 0.1) is 5.92 Å². The number of amides is 2. The van der Waals surface area contributed by atoms with Gasteiger partial charge in [0, 0.05) is 38.0 Å². The van der Waals surface area contributed by atoms with Crippen molar-refractivity contribution in [3.63, 3.8) is 0 Å². The van der Waals surface area contributed by atoms with Gasteiger partial charge in [0.15, 0.2) is 0 Å². The molecule has 102 valence electrons. The molecule has 2 amide bonds. The van der Waals surface area contributed by atoms with Crippen LogP contribution in [-0.2, 0) is 14.3 Å². The average Bonchev–Trinajstić information content (AvgIpc) is 2.86. The van der Waals surface area contributed by atoms with Gasteiger partial charge in [-0.25, -0.2) is 0 Å². The maximum absolute atomic E-state index is 11.8. The van der Waals surface area contributed by atoms with E-state index in [1.165, 1.54) is 4.90 Å². The van der Waals surface area contributed by atoms with Crippen molar-refractivity contribution in [3.8, 4) is 0 Å². The topological polar surface area (TPSA) is 58.6 Å². The van der Waals surface area contributed by atoms with Crippen LogP contribution in [0.3, 0.4) is 0 Å². The van der Waals surface area contributed by atoms with Crippen molar-refractivity contribution in [2.24, 2.45) is 5.92 Å². The highest BCUT2D eigenvalue weighted by atomic mass is 16.5. The average molecular weight is 254 g/mol. The molecule has 2 rings (SSSR count). The van der Waals surface area contributed by atoms with Crippen LogP contribution in [-0.4, -0.2) is 49.1 Å². The van der Waals surface area contributed by atoms with Gasteiger partial charge >= 0.3 is 0 Å². The van der Waals surface area contributed by atoms with E-state index in [1.807, 2.05) is 6.92 Å². The minimum absolute atomic E-state index is 0.0203. The molecule has 0 saturated carbocycles. The lowest BCUT2D eigenvalue weighted by molar-refractivity contribution is -0.148. The van der Waals surface area contributed by atoms with Crippen molar-refractivity contribution in [3.05, 3.63) is 0 Å². The predicted molar refractivity (Wildman–Crippen MR) is 67.0 cm³/mol. The number of hydrogen-bond donors (Lipinski definition) is 1. The van der Waals surface area contributed by atoms with Crippen LogP contribution in [0.2, 0.25) is 0 Å². The quantitative estimate of drug-likeness (QED) is 0.728. The normalized spacial score (nSPS) is 26.7. The van der Waals surface area contributed by atoms with Crippen molar-refractivity contribution in [2.45, 2.75) is 38.6 Å². The van der Waals surface area contributed by atoms with E-state index < -0.39 is 0 Å². The molecule has 0 aliphatic carbocycles. The molecule has 5 heteroatoms. The molecular weight excluding hydrogens is 232 g/mol. The zero-order chi connectivity index (χ0) is 13.0. The largest absolute Gasteiger partial charge is 0.381 e. The Labute approximate surface area is 108 Å². The molecule has 0 bridgehead atoms. The molecule has 2 heterocycles. The third kappa shape index (κ3) is 3.09. The maximum atomic E-state index is 11.8. The Hall–Kier alpha value is -0.940. The molecule has 0 radical (unpaired) electrons. The molecule has 2 aliphatic heterocycles. The third-order valence-electron chi connectivity index (χ3n) is 3.76. The van der Waals surface area contributed by atoms with E-state index in [4.69, 9.17) is 4.74 Å². The standard InChI is InChI=1S/C13H22N2O3/c1-2-14-11(10-6-7-18-9-10)8-15-12(16)4-3-5-13(15)17/h10-11,14H,2-9H2,1H3. The molecular formula is C13H22N2O3. The summed E-state index contributed by atoms with van der Waals surface area (Å²) in [4.78, 5) is 25.1. The number of carbonyl (C=O) groups is 2. The van der Waals surface area contributed by atoms with Gasteiger partial charge in [0.25, 0.3) is 0 Å². The van der Waals surface area contributed by atoms with Crippen molar-refractivity contribution >= 4 is 11.8 Å². The summed E-state index contributed by atoms with van der Waals surface area (Å²) >= 11 is 0. The first-order chi connectivity index (χ1) is 8.72. The van der Waals surface area contributed by atoms with Crippen LogP contribution in [0.15, 0.2) is 0 Å². The predicted octanol–water partition coefficient (Wildman–Crippen LogP) is 0.540. The molecule has 2 unspecified atom stereocenters. The fourth-order valence-corrected chi connectivity index (χ4v) is 2.71. The number of carbonyl (C=O) groups excluding carboxylic acids is 2. The highest BCUT2D eigenvalue weighted by Gasteiger charge is 2.32. The van der Waals surface area contributed by atoms with Gasteiger partial charge in [-0.2, -0.15) is 0 Å². The monoisotopic (exact) mass is 254 g/mol. The van der Waals surface area contributed by atoms with Crippen molar-refractivity contribution in [2.75, 3.05) is 26.3 Å². The first-order valence-electron chi connectivity index (χ1n) is 6.86. The Balaban J connectivity index is 1.98. The number of piperidine rings is 1. The third-order valence-corrected chi connectivity index (χ3v) is 3.76. The lowest BCUT2D eigenvalue weighted by Gasteiger charge is -2.31. The molecule has 0 spiro atoms. The smallest absolute Gasteiger partial charge is 0.229 e. The van der Waals surface area contributed by atoms with Gasteiger partial charge in [-0.05, 0) is 19.4 Å². The van der Waals surface area contributed by atoms with Crippen molar-refractivity contribution < 1.29 is 14.3 Å². The second kappa shape index (κ2) is 6.29. The van der Waals surface area contributed by atoms with Gasteiger partial charge in [-0.15, -0.1) is 0 Å². The molecule has 18 heavy (non-hydrogen) atoms. The van der Waals surface area contributed by atoms with Crippen LogP contribution in [0.5, 0.6) is 0 Å². The van der Waals surface area contributed by atoms with Crippen LogP contribution in [0.4, 0.5) is 0 Å². The number of ether oxygens (including phenoxy) is 1. The van der Waals surface area contributed by atoms with Gasteiger partial charge in [-0.1, -0.05) is 6.92 Å². The van der Waals surface area contributed by atoms with Gasteiger partial charge in [0.2, 0.25) is 11.8 Å². The fourth-order valence-electron chi connectivity index (χ4n) is 2.71. The summed E-state index contributed by atoms with van der Waals surface area (Å²) < 4.78 is 5.40. The zero-order valence-electron chi connectivity index (χ0n) is 11.0. The lowest BCUT2D eigenvalue weighted by atomic mass is 9.97. The summed E-state index contributed by atoms with van der Waals surface area (Å²) in [6.45, 7) is 4.90. The lowest BCUT2D eigenvalue weighted by Crippen LogP contribution is -2.51. The Morgan fingerprint density at radius 3 is 2.67 bits per heavy atom. The molecule has 0 aromatic rings. The molecule has 2 saturated heterocycles. The number of nitrogens with zero attached hydrogens (tertiary/aromatic N) is 1. The second-order valence-electron chi connectivity index (χ2n) is 5.04. The molecule has 0 aromatic carbocycles. The zero-order valence-corrected chi connectivity index (χ0v) is 11.0. The summed E-state index contributed by atoms with van der Waals surface area (Å²) in [7, 11) is 0. The number of likely N-dealkylation sites (tertiary alicyclic amines) is 1. The van der Waals surface area contributed by atoms with E-state index >= 15 is 0 Å². The number of rotatable bonds is 5. The highest BCUT2D eigenvalue weighted by molar-refractivity contribution is 5.97. The second-order valence-corrected chi connectivity index (χ2v) is 5.04. The molecule has 1 N–H and O–H groups in total. The van der Waals surface area contributed by atoms with Gasteiger partial charge in [-0.3, -0.25) is 14.5 Å². The highest BCUT2D eigenvalue weighted by Crippen LogP contribution is 2.20. The summed E-state index contributed by atoms with van der Waals surface area (Å²) in [5, 5.41) is 3.39. The summed E-state index contributed by atoms with van der Waals surface area (Å²) in [5.74, 6) is 0.369. The molecule has 2 fully saturated rings. The maximum Gasteiger partial charge on any atom is 0.229 e. The number of hydrogen-bond acceptors (Lipinski definition) is 4. The van der Waals surface area contributed by atoms with E-state index in [0.717, 1.165) is 26.2 Å². The van der Waals surface area contributed by atoms with Crippen molar-refractivity contribution in [1.82, 2.24) is 10.2 Å². The van der Waals surface area contributed by atoms with Gasteiger partial charge < -0.3 is 10.1 Å². The fraction of sp³-hybridized carbons (Fsp3) is 0.846. The Bertz CT molecular complexity index is 297. The van der Waals surface area contributed by atoms with Crippen LogP contribution in [0.1, 0.15) is 32.6 Å². The summed E-state index contributed by atoms with van der Waals surface area (Å²) in [5.41, 5.74) is 0. The first-order valence-corrected chi connectivity index (χ1v) is 6.86. The summed E-state index contributed by atoms with van der Waals surface area (Å²) in [6.07, 6.45) is 2.72. The Morgan fingerprint density at radius 2 is 2.11 bits per heavy atom. The van der Waals surface area contributed by atoms with E-state index in [0.29, 0.717) is 31.7 Å². The van der Waals surface area contributed by atoms with E-state index in [9.17, 15) is 9.59 Å². The van der Waals surface area contributed by atoms with Crippen molar-refractivity contribution in [1.29, 1.82) is 0 Å². The number of likely N-dealkylation sites (N-methyl/N-ethyl adjacent to an activating group) is 1. The SMILES string of the molecule is CCNC(CN1C(=O)CCCC1=O)C1CCOC1. The summed E-state index contributed by atoms with van der Waals surface area (Å²) in [6, 6.07) is 0.170. The molecule has 2 aliphatic rings. The molecule has 5 nitrogen and oxygen atoms in total.